The molecule has 0 radical (unpaired) electrons. The molecule has 0 saturated carbocycles. The summed E-state index contributed by atoms with van der Waals surface area (Å²) in [5.74, 6) is 0.611. The van der Waals surface area contributed by atoms with Crippen LogP contribution in [0.25, 0.3) is 44.5 Å². The number of nitrogens with zero attached hydrogens (tertiary/aromatic N) is 3. The van der Waals surface area contributed by atoms with Crippen molar-refractivity contribution < 1.29 is 14.3 Å². The summed E-state index contributed by atoms with van der Waals surface area (Å²) in [6.45, 7) is 4.78. The van der Waals surface area contributed by atoms with E-state index in [4.69, 9.17) is 9.47 Å². The maximum absolute atomic E-state index is 11.6. The molecule has 0 bridgehead atoms. The molecule has 0 amide bonds. The molecule has 0 aliphatic rings. The van der Waals surface area contributed by atoms with Crippen LogP contribution in [0, 0.1) is 29.6 Å². The summed E-state index contributed by atoms with van der Waals surface area (Å²) in [4.78, 5) is 13.9. The Balaban J connectivity index is 1.16. The Kier molecular flexibility index (Phi) is 10.7. The number of benzene rings is 7. The van der Waals surface area contributed by atoms with Crippen LogP contribution in [0.2, 0.25) is 0 Å². The van der Waals surface area contributed by atoms with E-state index in [9.17, 15) is 15.3 Å². The molecule has 264 valence electrons. The van der Waals surface area contributed by atoms with Crippen molar-refractivity contribution in [3.8, 4) is 17.9 Å². The van der Waals surface area contributed by atoms with Gasteiger partial charge in [0, 0.05) is 34.0 Å². The number of esters is 1. The van der Waals surface area contributed by atoms with E-state index >= 15 is 0 Å². The molecule has 7 aromatic rings. The summed E-state index contributed by atoms with van der Waals surface area (Å²) in [5, 5.41) is 25.7. The normalized spacial score (nSPS) is 11.1. The predicted octanol–water partition coefficient (Wildman–Crippen LogP) is 12.0. The van der Waals surface area contributed by atoms with E-state index in [1.807, 2.05) is 50.2 Å². The van der Waals surface area contributed by atoms with Gasteiger partial charge in [0.1, 0.15) is 17.9 Å². The standard InChI is InChI=1S/C48H39N3O3/c1-3-53-48(52)13-6-7-28-54-39-24-22-38(23-25-39)51(47-12-8-10-36-9-4-5-11-40(36)47)37-20-17-34(18-21-37)15-16-35-19-27-42-44(30-35)43-29-33(2)14-26-41(43)45(31-49)46(42)32-50/h4-5,8-12,14-27,29-30H,3,6-7,13,28H2,1-2H3/b16-15+. The molecule has 0 N–H and O–H groups in total. The topological polar surface area (TPSA) is 86.3 Å². The van der Waals surface area contributed by atoms with Crippen LogP contribution in [0.1, 0.15) is 54.0 Å². The lowest BCUT2D eigenvalue weighted by Gasteiger charge is -2.27. The summed E-state index contributed by atoms with van der Waals surface area (Å²) in [5.41, 5.74) is 7.06. The molecular formula is C48H39N3O3. The van der Waals surface area contributed by atoms with Gasteiger partial charge >= 0.3 is 5.97 Å². The van der Waals surface area contributed by atoms with Crippen LogP contribution in [0.15, 0.2) is 127 Å². The molecule has 0 heterocycles. The average Bonchev–Trinajstić information content (AvgIpc) is 3.20. The van der Waals surface area contributed by atoms with E-state index in [0.29, 0.717) is 30.8 Å². The van der Waals surface area contributed by atoms with Crippen molar-refractivity contribution in [3.05, 3.63) is 155 Å². The first-order valence-electron chi connectivity index (χ1n) is 18.2. The third-order valence-electron chi connectivity index (χ3n) is 9.59. The Hall–Kier alpha value is -6.89. The number of anilines is 3. The Labute approximate surface area is 315 Å². The second-order valence-corrected chi connectivity index (χ2v) is 13.2. The minimum Gasteiger partial charge on any atom is -0.494 e. The Morgan fingerprint density at radius 1 is 0.667 bits per heavy atom. The number of fused-ring (bicyclic) bond motifs is 4. The molecule has 54 heavy (non-hydrogen) atoms. The molecule has 0 unspecified atom stereocenters. The van der Waals surface area contributed by atoms with Crippen molar-refractivity contribution in [3.63, 3.8) is 0 Å². The number of carbonyl (C=O) groups is 1. The highest BCUT2D eigenvalue weighted by Gasteiger charge is 2.17. The van der Waals surface area contributed by atoms with Crippen LogP contribution in [-0.4, -0.2) is 19.2 Å². The zero-order chi connectivity index (χ0) is 37.4. The lowest BCUT2D eigenvalue weighted by atomic mass is 9.91. The smallest absolute Gasteiger partial charge is 0.305 e. The van der Waals surface area contributed by atoms with E-state index in [1.54, 1.807) is 0 Å². The quantitative estimate of drug-likeness (QED) is 0.0544. The fraction of sp³-hybridized carbons (Fsp3) is 0.146. The molecule has 7 aromatic carbocycles. The van der Waals surface area contributed by atoms with Crippen LogP contribution in [0.5, 0.6) is 5.75 Å². The van der Waals surface area contributed by atoms with E-state index in [2.05, 4.69) is 120 Å². The molecule has 7 rings (SSSR count). The van der Waals surface area contributed by atoms with Gasteiger partial charge in [0.15, 0.2) is 0 Å². The van der Waals surface area contributed by atoms with Crippen molar-refractivity contribution >= 4 is 67.5 Å². The van der Waals surface area contributed by atoms with Crippen LogP contribution >= 0.6 is 0 Å². The molecule has 0 aliphatic carbocycles. The number of aryl methyl sites for hydroxylation is 1. The van der Waals surface area contributed by atoms with Gasteiger partial charge in [-0.25, -0.2) is 0 Å². The molecule has 0 fully saturated rings. The van der Waals surface area contributed by atoms with Crippen LogP contribution < -0.4 is 9.64 Å². The minimum atomic E-state index is -0.166. The molecule has 0 spiro atoms. The van der Waals surface area contributed by atoms with Crippen LogP contribution in [-0.2, 0) is 9.53 Å². The number of carbonyl (C=O) groups excluding carboxylic acids is 1. The van der Waals surface area contributed by atoms with Gasteiger partial charge in [0.05, 0.1) is 30.0 Å². The number of rotatable bonds is 12. The maximum Gasteiger partial charge on any atom is 0.305 e. The number of nitriles is 2. The Morgan fingerprint density at radius 3 is 2.02 bits per heavy atom. The van der Waals surface area contributed by atoms with Gasteiger partial charge in [-0.1, -0.05) is 96.6 Å². The second kappa shape index (κ2) is 16.2. The highest BCUT2D eigenvalue weighted by molar-refractivity contribution is 6.13. The van der Waals surface area contributed by atoms with Gasteiger partial charge in [-0.15, -0.1) is 0 Å². The molecule has 0 atom stereocenters. The summed E-state index contributed by atoms with van der Waals surface area (Å²) in [7, 11) is 0. The number of ether oxygens (including phenoxy) is 2. The zero-order valence-corrected chi connectivity index (χ0v) is 30.4. The average molecular weight is 706 g/mol. The van der Waals surface area contributed by atoms with Gasteiger partial charge in [0.25, 0.3) is 0 Å². The van der Waals surface area contributed by atoms with Crippen molar-refractivity contribution in [2.24, 2.45) is 0 Å². The molecule has 0 aliphatic heterocycles. The van der Waals surface area contributed by atoms with Crippen molar-refractivity contribution in [1.82, 2.24) is 0 Å². The monoisotopic (exact) mass is 705 g/mol. The molecule has 0 aromatic heterocycles. The lowest BCUT2D eigenvalue weighted by Crippen LogP contribution is -2.10. The van der Waals surface area contributed by atoms with Crippen LogP contribution in [0.4, 0.5) is 17.1 Å². The first kappa shape index (κ1) is 35.5. The third kappa shape index (κ3) is 7.51. The third-order valence-corrected chi connectivity index (χ3v) is 9.59. The highest BCUT2D eigenvalue weighted by atomic mass is 16.5. The summed E-state index contributed by atoms with van der Waals surface area (Å²) < 4.78 is 11.0. The Morgan fingerprint density at radius 2 is 1.30 bits per heavy atom. The second-order valence-electron chi connectivity index (χ2n) is 13.2. The van der Waals surface area contributed by atoms with E-state index in [1.165, 1.54) is 0 Å². The van der Waals surface area contributed by atoms with E-state index < -0.39 is 0 Å². The molecule has 0 saturated heterocycles. The van der Waals surface area contributed by atoms with Gasteiger partial charge in [0.2, 0.25) is 0 Å². The van der Waals surface area contributed by atoms with Gasteiger partial charge in [-0.3, -0.25) is 4.79 Å². The SMILES string of the molecule is CCOC(=O)CCCCOc1ccc(N(c2ccc(/C=C/c3ccc4c(C#N)c(C#N)c5ccc(C)cc5c4c3)cc2)c2cccc3ccccc23)cc1. The first-order valence-corrected chi connectivity index (χ1v) is 18.2. The molecule has 6 heteroatoms. The van der Waals surface area contributed by atoms with Crippen molar-refractivity contribution in [1.29, 1.82) is 10.5 Å². The summed E-state index contributed by atoms with van der Waals surface area (Å²) >= 11 is 0. The van der Waals surface area contributed by atoms with E-state index in [0.717, 1.165) is 84.7 Å². The minimum absolute atomic E-state index is 0.166. The van der Waals surface area contributed by atoms with Crippen LogP contribution in [0.3, 0.4) is 0 Å². The van der Waals surface area contributed by atoms with E-state index in [-0.39, 0.29) is 5.97 Å². The maximum atomic E-state index is 11.6. The van der Waals surface area contributed by atoms with Gasteiger partial charge in [-0.2, -0.15) is 10.5 Å². The largest absolute Gasteiger partial charge is 0.494 e. The van der Waals surface area contributed by atoms with Gasteiger partial charge in [-0.05, 0) is 103 Å². The fourth-order valence-corrected chi connectivity index (χ4v) is 6.95. The summed E-state index contributed by atoms with van der Waals surface area (Å²) in [6, 6.07) is 48.0. The molecular weight excluding hydrogens is 667 g/mol. The zero-order valence-electron chi connectivity index (χ0n) is 30.4. The number of unbranched alkanes of at least 4 members (excludes halogenated alkanes) is 1. The van der Waals surface area contributed by atoms with Crippen molar-refractivity contribution in [2.75, 3.05) is 18.1 Å². The fourth-order valence-electron chi connectivity index (χ4n) is 6.95. The van der Waals surface area contributed by atoms with Gasteiger partial charge < -0.3 is 14.4 Å². The predicted molar refractivity (Wildman–Crippen MR) is 219 cm³/mol. The lowest BCUT2D eigenvalue weighted by molar-refractivity contribution is -0.143. The Bertz CT molecular complexity index is 2590. The first-order chi connectivity index (χ1) is 26.5. The number of hydrogen-bond donors (Lipinski definition) is 0. The number of hydrogen-bond acceptors (Lipinski definition) is 6. The summed E-state index contributed by atoms with van der Waals surface area (Å²) in [6.07, 6.45) is 6.07. The van der Waals surface area contributed by atoms with Crippen molar-refractivity contribution in [2.45, 2.75) is 33.1 Å². The molecule has 6 nitrogen and oxygen atoms in total. The highest BCUT2D eigenvalue weighted by Crippen LogP contribution is 2.40.